The number of benzene rings is 2. The van der Waals surface area contributed by atoms with E-state index in [1.807, 2.05) is 49.4 Å². The van der Waals surface area contributed by atoms with E-state index in [0.717, 1.165) is 16.8 Å². The van der Waals surface area contributed by atoms with E-state index in [1.54, 1.807) is 24.1 Å². The molecule has 0 fully saturated rings. The van der Waals surface area contributed by atoms with Crippen molar-refractivity contribution in [3.05, 3.63) is 53.6 Å². The highest BCUT2D eigenvalue weighted by Gasteiger charge is 2.30. The minimum Gasteiger partial charge on any atom is -0.493 e. The summed E-state index contributed by atoms with van der Waals surface area (Å²) in [5, 5.41) is 8.64. The van der Waals surface area contributed by atoms with Crippen LogP contribution in [0.2, 0.25) is 0 Å². The quantitative estimate of drug-likeness (QED) is 0.785. The van der Waals surface area contributed by atoms with E-state index in [0.29, 0.717) is 23.6 Å². The Morgan fingerprint density at radius 3 is 2.72 bits per heavy atom. The van der Waals surface area contributed by atoms with Crippen LogP contribution in [0.1, 0.15) is 18.1 Å². The fraction of sp³-hybridized carbons (Fsp3) is 0.200. The number of hydrogen-bond donors (Lipinski definition) is 0. The van der Waals surface area contributed by atoms with Gasteiger partial charge in [-0.25, -0.2) is 0 Å². The molecule has 0 aliphatic carbocycles. The maximum atomic E-state index is 12.7. The number of ether oxygens (including phenoxy) is 2. The number of carbonyl (C=O) groups excluding carboxylic acids is 1. The van der Waals surface area contributed by atoms with Gasteiger partial charge in [0.1, 0.15) is 6.07 Å². The van der Waals surface area contributed by atoms with Gasteiger partial charge in [-0.1, -0.05) is 24.3 Å². The van der Waals surface area contributed by atoms with Crippen LogP contribution >= 0.6 is 0 Å². The smallest absolute Gasteiger partial charge is 0.258 e. The number of hydrogen-bond acceptors (Lipinski definition) is 4. The van der Waals surface area contributed by atoms with Crippen LogP contribution in [-0.4, -0.2) is 26.2 Å². The van der Waals surface area contributed by atoms with Gasteiger partial charge in [0.25, 0.3) is 5.91 Å². The molecule has 0 aromatic heterocycles. The molecule has 0 saturated carbocycles. The lowest BCUT2D eigenvalue weighted by atomic mass is 10.0. The molecular weight excluding hydrogens is 316 g/mol. The summed E-state index contributed by atoms with van der Waals surface area (Å²) in [5.74, 6) is 1.02. The molecule has 5 heteroatoms. The van der Waals surface area contributed by atoms with E-state index >= 15 is 0 Å². The van der Waals surface area contributed by atoms with E-state index in [4.69, 9.17) is 14.7 Å². The first-order valence-corrected chi connectivity index (χ1v) is 8.00. The molecule has 2 aromatic rings. The highest BCUT2D eigenvalue weighted by Crippen LogP contribution is 2.38. The summed E-state index contributed by atoms with van der Waals surface area (Å²) in [5.41, 5.74) is 3.35. The van der Waals surface area contributed by atoms with Crippen molar-refractivity contribution >= 4 is 23.2 Å². The third kappa shape index (κ3) is 3.07. The number of amides is 1. The number of methoxy groups -OCH3 is 1. The third-order valence-electron chi connectivity index (χ3n) is 4.07. The predicted octanol–water partition coefficient (Wildman–Crippen LogP) is 3.50. The van der Waals surface area contributed by atoms with Gasteiger partial charge < -0.3 is 14.4 Å². The average molecular weight is 334 g/mol. The van der Waals surface area contributed by atoms with Crippen molar-refractivity contribution in [2.45, 2.75) is 6.92 Å². The Labute approximate surface area is 146 Å². The molecule has 1 heterocycles. The van der Waals surface area contributed by atoms with Crippen molar-refractivity contribution in [1.82, 2.24) is 0 Å². The average Bonchev–Trinajstić information content (AvgIpc) is 2.91. The molecule has 3 rings (SSSR count). The van der Waals surface area contributed by atoms with Gasteiger partial charge >= 0.3 is 0 Å². The summed E-state index contributed by atoms with van der Waals surface area (Å²) in [6, 6.07) is 15.1. The monoisotopic (exact) mass is 334 g/mol. The second kappa shape index (κ2) is 7.10. The van der Waals surface area contributed by atoms with Crippen molar-refractivity contribution < 1.29 is 14.3 Å². The maximum Gasteiger partial charge on any atom is 0.258 e. The largest absolute Gasteiger partial charge is 0.493 e. The number of nitrogens with zero attached hydrogens (tertiary/aromatic N) is 2. The van der Waals surface area contributed by atoms with Crippen molar-refractivity contribution in [2.75, 3.05) is 25.2 Å². The zero-order chi connectivity index (χ0) is 17.8. The lowest BCUT2D eigenvalue weighted by molar-refractivity contribution is -0.112. The Morgan fingerprint density at radius 1 is 1.20 bits per heavy atom. The Kier molecular flexibility index (Phi) is 4.71. The van der Waals surface area contributed by atoms with Crippen molar-refractivity contribution in [1.29, 1.82) is 5.26 Å². The molecule has 126 valence electrons. The molecule has 0 bridgehead atoms. The molecule has 1 aliphatic rings. The van der Waals surface area contributed by atoms with Crippen LogP contribution in [0.4, 0.5) is 5.69 Å². The summed E-state index contributed by atoms with van der Waals surface area (Å²) < 4.78 is 10.7. The molecule has 0 atom stereocenters. The fourth-order valence-corrected chi connectivity index (χ4v) is 2.93. The first-order valence-electron chi connectivity index (χ1n) is 8.00. The van der Waals surface area contributed by atoms with Crippen LogP contribution < -0.4 is 14.4 Å². The lowest BCUT2D eigenvalue weighted by Crippen LogP contribution is -2.25. The van der Waals surface area contributed by atoms with Crippen LogP contribution in [0.3, 0.4) is 0 Å². The van der Waals surface area contributed by atoms with Gasteiger partial charge in [-0.05, 0) is 36.8 Å². The van der Waals surface area contributed by atoms with Crippen LogP contribution in [0.15, 0.2) is 42.5 Å². The summed E-state index contributed by atoms with van der Waals surface area (Å²) in [6.45, 7) is 2.54. The molecule has 2 aromatic carbocycles. The molecule has 0 saturated heterocycles. The summed E-state index contributed by atoms with van der Waals surface area (Å²) in [6.07, 6.45) is 1.85. The fourth-order valence-electron chi connectivity index (χ4n) is 2.93. The van der Waals surface area contributed by atoms with Gasteiger partial charge in [0.2, 0.25) is 0 Å². The number of rotatable bonds is 5. The number of nitriles is 1. The lowest BCUT2D eigenvalue weighted by Gasteiger charge is -2.13. The summed E-state index contributed by atoms with van der Waals surface area (Å²) in [7, 11) is 1.54. The van der Waals surface area contributed by atoms with Gasteiger partial charge in [0.05, 0.1) is 12.8 Å². The topological polar surface area (TPSA) is 62.6 Å². The van der Waals surface area contributed by atoms with Crippen LogP contribution in [-0.2, 0) is 4.79 Å². The molecule has 0 spiro atoms. The Morgan fingerprint density at radius 2 is 2.00 bits per heavy atom. The number of anilines is 1. The van der Waals surface area contributed by atoms with Gasteiger partial charge in [0, 0.05) is 17.7 Å². The molecule has 25 heavy (non-hydrogen) atoms. The molecule has 1 amide bonds. The zero-order valence-electron chi connectivity index (χ0n) is 14.2. The Hall–Kier alpha value is -3.26. The zero-order valence-corrected chi connectivity index (χ0v) is 14.2. The first kappa shape index (κ1) is 16.6. The van der Waals surface area contributed by atoms with Crippen molar-refractivity contribution in [3.8, 4) is 17.6 Å². The predicted molar refractivity (Wildman–Crippen MR) is 96.4 cm³/mol. The number of fused-ring (bicyclic) bond motifs is 1. The van der Waals surface area contributed by atoms with E-state index in [9.17, 15) is 4.79 Å². The van der Waals surface area contributed by atoms with Crippen LogP contribution in [0.25, 0.3) is 11.6 Å². The highest BCUT2D eigenvalue weighted by molar-refractivity contribution is 6.35. The minimum absolute atomic E-state index is 0.00697. The Bertz CT molecular complexity index is 881. The minimum atomic E-state index is -0.0475. The van der Waals surface area contributed by atoms with E-state index < -0.39 is 0 Å². The molecule has 0 N–H and O–H groups in total. The van der Waals surface area contributed by atoms with Gasteiger partial charge in [-0.2, -0.15) is 5.26 Å². The number of carbonyl (C=O) groups is 1. The van der Waals surface area contributed by atoms with E-state index in [1.165, 1.54) is 0 Å². The van der Waals surface area contributed by atoms with Gasteiger partial charge in [0.15, 0.2) is 18.1 Å². The molecule has 0 radical (unpaired) electrons. The number of likely N-dealkylation sites (N-methyl/N-ethyl adjacent to an activating group) is 1. The maximum absolute atomic E-state index is 12.7. The summed E-state index contributed by atoms with van der Waals surface area (Å²) >= 11 is 0. The van der Waals surface area contributed by atoms with E-state index in [-0.39, 0.29) is 12.5 Å². The number of para-hydroxylation sites is 1. The SMILES string of the molecule is CCN1C(=O)/C(=C\c2ccc(OCC#N)c(OC)c2)c2ccccc21. The molecular formula is C20H18N2O3. The summed E-state index contributed by atoms with van der Waals surface area (Å²) in [4.78, 5) is 14.5. The standard InChI is InChI=1S/C20H18N2O3/c1-3-22-17-7-5-4-6-15(17)16(20(22)23)12-14-8-9-18(25-11-10-21)19(13-14)24-2/h4-9,12-13H,3,11H2,1-2H3/b16-12-. The second-order valence-electron chi connectivity index (χ2n) is 5.48. The second-order valence-corrected chi connectivity index (χ2v) is 5.48. The molecule has 1 aliphatic heterocycles. The highest BCUT2D eigenvalue weighted by atomic mass is 16.5. The van der Waals surface area contributed by atoms with Gasteiger partial charge in [-0.3, -0.25) is 4.79 Å². The Balaban J connectivity index is 2.01. The molecule has 5 nitrogen and oxygen atoms in total. The normalized spacial score (nSPS) is 14.4. The third-order valence-corrected chi connectivity index (χ3v) is 4.07. The van der Waals surface area contributed by atoms with Crippen LogP contribution in [0.5, 0.6) is 11.5 Å². The van der Waals surface area contributed by atoms with Crippen molar-refractivity contribution in [2.24, 2.45) is 0 Å². The molecule has 0 unspecified atom stereocenters. The van der Waals surface area contributed by atoms with E-state index in [2.05, 4.69) is 0 Å². The first-order chi connectivity index (χ1) is 12.2. The van der Waals surface area contributed by atoms with Gasteiger partial charge in [-0.15, -0.1) is 0 Å². The van der Waals surface area contributed by atoms with Crippen molar-refractivity contribution in [3.63, 3.8) is 0 Å². The van der Waals surface area contributed by atoms with Crippen LogP contribution in [0, 0.1) is 11.3 Å².